The average Bonchev–Trinajstić information content (AvgIpc) is 1.82. The summed E-state index contributed by atoms with van der Waals surface area (Å²) in [5.74, 6) is -2.18. The molecule has 92 heavy (non-hydrogen) atoms. The standard InChI is InChI=1S/C73H134O17P2/c1-5-9-13-17-21-25-29-32-33-36-39-42-46-50-54-58-71(76)84-64-69(90-73(78)60-56-52-48-44-40-35-31-27-23-19-15-11-7-3)66-88-92(81,82)86-62-67(74)61-85-91(79,80)87-65-68(89-72(77)59-55-51-47-43-37-28-24-20-16-12-8-4)63-83-70(75)57-53-49-45-41-38-34-30-26-22-18-14-10-6-2/h15,19,26-27,30-33,67-69,74H,5-14,16-18,20-25,28-29,34-66H2,1-4H3,(H,79,80)(H,81,82)/b19-15-,30-26-,31-27-,33-32-. The smallest absolute Gasteiger partial charge is 0.462 e. The lowest BCUT2D eigenvalue weighted by atomic mass is 10.1. The van der Waals surface area contributed by atoms with Crippen molar-refractivity contribution in [2.75, 3.05) is 39.6 Å². The highest BCUT2D eigenvalue weighted by molar-refractivity contribution is 7.47. The van der Waals surface area contributed by atoms with Crippen molar-refractivity contribution in [1.82, 2.24) is 0 Å². The number of hydrogen-bond acceptors (Lipinski definition) is 15. The van der Waals surface area contributed by atoms with Gasteiger partial charge in [0.25, 0.3) is 0 Å². The molecule has 0 aromatic heterocycles. The van der Waals surface area contributed by atoms with Crippen molar-refractivity contribution in [1.29, 1.82) is 0 Å². The predicted molar refractivity (Wildman–Crippen MR) is 372 cm³/mol. The molecule has 0 fully saturated rings. The van der Waals surface area contributed by atoms with Gasteiger partial charge in [0.05, 0.1) is 26.4 Å². The first-order valence-electron chi connectivity index (χ1n) is 36.9. The Morgan fingerprint density at radius 2 is 0.554 bits per heavy atom. The molecule has 0 heterocycles. The van der Waals surface area contributed by atoms with Gasteiger partial charge >= 0.3 is 39.5 Å². The van der Waals surface area contributed by atoms with Crippen LogP contribution in [0.4, 0.5) is 0 Å². The second kappa shape index (κ2) is 66.6. The van der Waals surface area contributed by atoms with E-state index >= 15 is 0 Å². The van der Waals surface area contributed by atoms with E-state index in [1.807, 2.05) is 0 Å². The minimum absolute atomic E-state index is 0.0816. The molecule has 5 atom stereocenters. The van der Waals surface area contributed by atoms with Crippen LogP contribution in [-0.2, 0) is 65.4 Å². The molecule has 0 aliphatic carbocycles. The Labute approximate surface area is 559 Å². The van der Waals surface area contributed by atoms with Crippen LogP contribution in [0, 0.1) is 0 Å². The second-order valence-electron chi connectivity index (χ2n) is 24.9. The Bertz CT molecular complexity index is 1940. The van der Waals surface area contributed by atoms with Gasteiger partial charge in [0.2, 0.25) is 0 Å². The van der Waals surface area contributed by atoms with Gasteiger partial charge in [0, 0.05) is 25.7 Å². The van der Waals surface area contributed by atoms with Crippen LogP contribution in [0.15, 0.2) is 48.6 Å². The molecule has 19 heteroatoms. The van der Waals surface area contributed by atoms with Gasteiger partial charge in [-0.15, -0.1) is 0 Å². The van der Waals surface area contributed by atoms with Crippen LogP contribution in [0.25, 0.3) is 0 Å². The van der Waals surface area contributed by atoms with Crippen molar-refractivity contribution in [3.8, 4) is 0 Å². The van der Waals surface area contributed by atoms with E-state index in [1.54, 1.807) is 0 Å². The van der Waals surface area contributed by atoms with Gasteiger partial charge < -0.3 is 33.8 Å². The number of aliphatic hydroxyl groups excluding tert-OH is 1. The zero-order valence-corrected chi connectivity index (χ0v) is 60.3. The molecular weight excluding hydrogens is 1210 g/mol. The van der Waals surface area contributed by atoms with Crippen molar-refractivity contribution < 1.29 is 80.2 Å². The fourth-order valence-electron chi connectivity index (χ4n) is 10.1. The largest absolute Gasteiger partial charge is 0.472 e. The van der Waals surface area contributed by atoms with E-state index in [1.165, 1.54) is 103 Å². The van der Waals surface area contributed by atoms with Gasteiger partial charge in [0.15, 0.2) is 12.2 Å². The SMILES string of the molecule is CCC/C=C\C/C=C\CCCCCCCC(=O)OC(COC(=O)CCCCCCC/C=C\CCCCCCCC)COP(=O)(O)OCC(O)COP(=O)(O)OCC(COC(=O)CCCCCCC/C=C\CCCCCC)OC(=O)CCCCCCCCCCCCC. The van der Waals surface area contributed by atoms with E-state index in [4.69, 9.17) is 37.0 Å². The van der Waals surface area contributed by atoms with Gasteiger partial charge in [-0.05, 0) is 103 Å². The minimum Gasteiger partial charge on any atom is -0.462 e. The van der Waals surface area contributed by atoms with Gasteiger partial charge in [-0.2, -0.15) is 0 Å². The molecule has 0 saturated heterocycles. The van der Waals surface area contributed by atoms with Crippen LogP contribution in [-0.4, -0.2) is 96.7 Å². The normalized spacial score (nSPS) is 14.3. The number of aliphatic hydroxyl groups is 1. The molecule has 0 aromatic carbocycles. The summed E-state index contributed by atoms with van der Waals surface area (Å²) in [6, 6.07) is 0. The fraction of sp³-hybridized carbons (Fsp3) is 0.836. The summed E-state index contributed by atoms with van der Waals surface area (Å²) in [5, 5.41) is 10.6. The summed E-state index contributed by atoms with van der Waals surface area (Å²) >= 11 is 0. The van der Waals surface area contributed by atoms with Gasteiger partial charge in [-0.1, -0.05) is 256 Å². The maximum absolute atomic E-state index is 13.0. The topological polar surface area (TPSA) is 237 Å². The Morgan fingerprint density at radius 1 is 0.304 bits per heavy atom. The van der Waals surface area contributed by atoms with Gasteiger partial charge in [-0.25, -0.2) is 9.13 Å². The Hall–Kier alpha value is -2.98. The maximum Gasteiger partial charge on any atom is 0.472 e. The lowest BCUT2D eigenvalue weighted by molar-refractivity contribution is -0.161. The molecule has 0 aliphatic heterocycles. The lowest BCUT2D eigenvalue weighted by Gasteiger charge is -2.21. The van der Waals surface area contributed by atoms with E-state index in [0.717, 1.165) is 154 Å². The van der Waals surface area contributed by atoms with E-state index in [9.17, 15) is 43.2 Å². The number of carbonyl (C=O) groups excluding carboxylic acids is 4. The molecule has 0 aromatic rings. The molecular formula is C73H134O17P2. The highest BCUT2D eigenvalue weighted by atomic mass is 31.2. The van der Waals surface area contributed by atoms with E-state index in [0.29, 0.717) is 25.7 Å². The first-order chi connectivity index (χ1) is 44.7. The van der Waals surface area contributed by atoms with Crippen LogP contribution in [0.1, 0.15) is 336 Å². The number of hydrogen-bond donors (Lipinski definition) is 3. The van der Waals surface area contributed by atoms with Crippen molar-refractivity contribution in [2.24, 2.45) is 0 Å². The van der Waals surface area contributed by atoms with E-state index in [2.05, 4.69) is 76.3 Å². The number of phosphoric ester groups is 2. The van der Waals surface area contributed by atoms with Crippen molar-refractivity contribution >= 4 is 39.5 Å². The number of unbranched alkanes of at least 4 members (excludes halogenated alkanes) is 36. The summed E-state index contributed by atoms with van der Waals surface area (Å²) in [4.78, 5) is 72.6. The van der Waals surface area contributed by atoms with Gasteiger partial charge in [-0.3, -0.25) is 37.3 Å². The number of phosphoric acid groups is 2. The van der Waals surface area contributed by atoms with Gasteiger partial charge in [0.1, 0.15) is 19.3 Å². The summed E-state index contributed by atoms with van der Waals surface area (Å²) in [6.45, 7) is 4.78. The summed E-state index contributed by atoms with van der Waals surface area (Å²) in [7, 11) is -9.93. The summed E-state index contributed by atoms with van der Waals surface area (Å²) < 4.78 is 68.3. The number of rotatable bonds is 70. The van der Waals surface area contributed by atoms with E-state index < -0.39 is 97.5 Å². The molecule has 3 N–H and O–H groups in total. The Balaban J connectivity index is 5.30. The second-order valence-corrected chi connectivity index (χ2v) is 27.8. The Kier molecular flexibility index (Phi) is 64.5. The molecule has 5 unspecified atom stereocenters. The average molecular weight is 1350 g/mol. The highest BCUT2D eigenvalue weighted by Gasteiger charge is 2.30. The molecule has 0 rings (SSSR count). The van der Waals surface area contributed by atoms with Crippen molar-refractivity contribution in [2.45, 2.75) is 354 Å². The fourth-order valence-corrected chi connectivity index (χ4v) is 11.7. The first-order valence-corrected chi connectivity index (χ1v) is 39.9. The summed E-state index contributed by atoms with van der Waals surface area (Å²) in [5.41, 5.74) is 0. The van der Waals surface area contributed by atoms with Crippen LogP contribution in [0.3, 0.4) is 0 Å². The Morgan fingerprint density at radius 3 is 0.870 bits per heavy atom. The molecule has 0 saturated carbocycles. The monoisotopic (exact) mass is 1340 g/mol. The molecule has 0 aliphatic rings. The molecule has 538 valence electrons. The molecule has 17 nitrogen and oxygen atoms in total. The zero-order chi connectivity index (χ0) is 67.5. The van der Waals surface area contributed by atoms with Crippen LogP contribution >= 0.6 is 15.6 Å². The zero-order valence-electron chi connectivity index (χ0n) is 58.5. The highest BCUT2D eigenvalue weighted by Crippen LogP contribution is 2.45. The third kappa shape index (κ3) is 65.7. The summed E-state index contributed by atoms with van der Waals surface area (Å²) in [6.07, 6.45) is 61.1. The number of carbonyl (C=O) groups is 4. The van der Waals surface area contributed by atoms with Crippen molar-refractivity contribution in [3.05, 3.63) is 48.6 Å². The lowest BCUT2D eigenvalue weighted by Crippen LogP contribution is -2.30. The molecule has 0 bridgehead atoms. The minimum atomic E-state index is -4.97. The number of ether oxygens (including phenoxy) is 4. The molecule has 0 radical (unpaired) electrons. The van der Waals surface area contributed by atoms with Crippen LogP contribution < -0.4 is 0 Å². The molecule has 0 amide bonds. The maximum atomic E-state index is 13.0. The first kappa shape index (κ1) is 89.0. The van der Waals surface area contributed by atoms with Crippen LogP contribution in [0.5, 0.6) is 0 Å². The van der Waals surface area contributed by atoms with E-state index in [-0.39, 0.29) is 25.7 Å². The third-order valence-corrected chi connectivity index (χ3v) is 17.6. The van der Waals surface area contributed by atoms with Crippen LogP contribution in [0.2, 0.25) is 0 Å². The number of esters is 4. The predicted octanol–water partition coefficient (Wildman–Crippen LogP) is 20.6. The molecule has 0 spiro atoms. The van der Waals surface area contributed by atoms with Crippen molar-refractivity contribution in [3.63, 3.8) is 0 Å². The quantitative estimate of drug-likeness (QED) is 0.0169. The number of allylic oxidation sites excluding steroid dienone is 8. The third-order valence-electron chi connectivity index (χ3n) is 15.7.